The lowest BCUT2D eigenvalue weighted by Gasteiger charge is -2.30. The number of amides is 1. The summed E-state index contributed by atoms with van der Waals surface area (Å²) in [5, 5.41) is 0.148. The second-order valence-electron chi connectivity index (χ2n) is 8.57. The third-order valence-electron chi connectivity index (χ3n) is 4.95. The average molecular weight is 525 g/mol. The first-order chi connectivity index (χ1) is 16.0. The third-order valence-corrected chi connectivity index (χ3v) is 8.14. The van der Waals surface area contributed by atoms with Crippen molar-refractivity contribution in [3.63, 3.8) is 0 Å². The molecule has 34 heavy (non-hydrogen) atoms. The molecule has 0 fully saturated rings. The number of hydrogen-bond donors (Lipinski definition) is 1. The molecule has 0 aliphatic carbocycles. The van der Waals surface area contributed by atoms with Crippen LogP contribution in [0.15, 0.2) is 23.1 Å². The molecular weight excluding hydrogens is 500 g/mol. The molecule has 3 heterocycles. The van der Waals surface area contributed by atoms with Crippen molar-refractivity contribution in [1.82, 2.24) is 13.6 Å². The number of aromatic nitrogens is 2. The van der Waals surface area contributed by atoms with Crippen LogP contribution in [0.1, 0.15) is 48.5 Å². The van der Waals surface area contributed by atoms with Crippen molar-refractivity contribution in [2.75, 3.05) is 17.9 Å². The number of sulfonamides is 1. The molecule has 1 amide bonds. The van der Waals surface area contributed by atoms with E-state index in [0.29, 0.717) is 28.9 Å². The van der Waals surface area contributed by atoms with Gasteiger partial charge in [-0.25, -0.2) is 18.0 Å². The Labute approximate surface area is 205 Å². The van der Waals surface area contributed by atoms with E-state index in [-0.39, 0.29) is 34.1 Å². The van der Waals surface area contributed by atoms with Crippen molar-refractivity contribution in [1.29, 1.82) is 0 Å². The van der Waals surface area contributed by atoms with Gasteiger partial charge in [0.25, 0.3) is 10.0 Å². The zero-order valence-corrected chi connectivity index (χ0v) is 21.5. The first-order valence-electron chi connectivity index (χ1n) is 10.5. The number of benzene rings is 1. The molecule has 4 rings (SSSR count). The van der Waals surface area contributed by atoms with Crippen LogP contribution in [-0.4, -0.2) is 52.9 Å². The molecule has 13 heteroatoms. The Balaban J connectivity index is 1.70. The van der Waals surface area contributed by atoms with Crippen LogP contribution in [0, 0.1) is 0 Å². The lowest BCUT2D eigenvalue weighted by Crippen LogP contribution is -2.39. The van der Waals surface area contributed by atoms with E-state index in [1.54, 1.807) is 44.7 Å². The minimum atomic E-state index is -4.08. The molecule has 1 N–H and O–H groups in total. The fourth-order valence-electron chi connectivity index (χ4n) is 3.55. The Morgan fingerprint density at radius 1 is 1.24 bits per heavy atom. The summed E-state index contributed by atoms with van der Waals surface area (Å²) < 4.78 is 48.0. The maximum absolute atomic E-state index is 13.3. The summed E-state index contributed by atoms with van der Waals surface area (Å²) >= 11 is 2.03. The largest absolute Gasteiger partial charge is 0.462 e. The van der Waals surface area contributed by atoms with E-state index in [9.17, 15) is 18.0 Å². The Bertz CT molecular complexity index is 1360. The monoisotopic (exact) mass is 524 g/mol. The van der Waals surface area contributed by atoms with Crippen LogP contribution in [-0.2, 0) is 32.5 Å². The zero-order chi connectivity index (χ0) is 24.7. The zero-order valence-electron chi connectivity index (χ0n) is 19.1. The predicted molar refractivity (Wildman–Crippen MR) is 129 cm³/mol. The summed E-state index contributed by atoms with van der Waals surface area (Å²) in [6.45, 7) is 7.72. The molecule has 0 spiro atoms. The van der Waals surface area contributed by atoms with Gasteiger partial charge in [-0.1, -0.05) is 6.07 Å². The van der Waals surface area contributed by atoms with Gasteiger partial charge in [0.2, 0.25) is 0 Å². The number of hydrogen-bond acceptors (Lipinski definition) is 10. The van der Waals surface area contributed by atoms with Crippen LogP contribution in [0.4, 0.5) is 9.80 Å². The highest BCUT2D eigenvalue weighted by atomic mass is 32.2. The fourth-order valence-corrected chi connectivity index (χ4v) is 6.88. The van der Waals surface area contributed by atoms with Crippen molar-refractivity contribution in [3.8, 4) is 0 Å². The lowest BCUT2D eigenvalue weighted by molar-refractivity contribution is 0.0226. The summed E-state index contributed by atoms with van der Waals surface area (Å²) in [6.07, 6.45) is -0.0962. The van der Waals surface area contributed by atoms with Crippen LogP contribution in [0.5, 0.6) is 0 Å². The predicted octanol–water partition coefficient (Wildman–Crippen LogP) is 4.02. The summed E-state index contributed by atoms with van der Waals surface area (Å²) in [5.41, 5.74) is 0.939. The summed E-state index contributed by atoms with van der Waals surface area (Å²) in [4.78, 5) is 27.6. The van der Waals surface area contributed by atoms with Gasteiger partial charge in [0.15, 0.2) is 0 Å². The number of esters is 1. The summed E-state index contributed by atoms with van der Waals surface area (Å²) in [5.74, 6) is -0.614. The van der Waals surface area contributed by atoms with Crippen molar-refractivity contribution in [2.45, 2.75) is 51.2 Å². The number of fused-ring (bicyclic) bond motifs is 2. The molecule has 0 radical (unpaired) electrons. The van der Waals surface area contributed by atoms with E-state index in [2.05, 4.69) is 13.5 Å². The Morgan fingerprint density at radius 3 is 2.71 bits per heavy atom. The first-order valence-corrected chi connectivity index (χ1v) is 13.6. The van der Waals surface area contributed by atoms with Gasteiger partial charge in [0.1, 0.15) is 26.5 Å². The van der Waals surface area contributed by atoms with Gasteiger partial charge < -0.3 is 14.4 Å². The molecule has 0 bridgehead atoms. The second kappa shape index (κ2) is 9.12. The number of ether oxygens (including phenoxy) is 2. The minimum Gasteiger partial charge on any atom is -0.462 e. The quantitative estimate of drug-likeness (QED) is 0.496. The highest BCUT2D eigenvalue weighted by Gasteiger charge is 2.34. The highest BCUT2D eigenvalue weighted by Crippen LogP contribution is 2.39. The normalized spacial score (nSPS) is 14.1. The van der Waals surface area contributed by atoms with E-state index < -0.39 is 27.7 Å². The fraction of sp³-hybridized carbons (Fsp3) is 0.429. The smallest absolute Gasteiger partial charge is 0.410 e. The number of rotatable bonds is 5. The molecule has 3 aromatic rings. The number of thiophene rings is 1. The summed E-state index contributed by atoms with van der Waals surface area (Å²) in [6, 6.07) is 4.70. The van der Waals surface area contributed by atoms with Gasteiger partial charge in [0, 0.05) is 11.4 Å². The maximum atomic E-state index is 13.3. The molecule has 0 atom stereocenters. The molecule has 0 saturated carbocycles. The van der Waals surface area contributed by atoms with Crippen LogP contribution in [0.3, 0.4) is 0 Å². The molecule has 1 aliphatic heterocycles. The van der Waals surface area contributed by atoms with Crippen molar-refractivity contribution >= 4 is 61.2 Å². The molecular formula is C21H24N4O6S3. The van der Waals surface area contributed by atoms with Gasteiger partial charge in [-0.3, -0.25) is 4.72 Å². The van der Waals surface area contributed by atoms with E-state index >= 15 is 0 Å². The van der Waals surface area contributed by atoms with E-state index in [4.69, 9.17) is 9.47 Å². The minimum absolute atomic E-state index is 0.0321. The molecule has 0 saturated heterocycles. The Kier molecular flexibility index (Phi) is 6.53. The van der Waals surface area contributed by atoms with Gasteiger partial charge in [-0.2, -0.15) is 8.75 Å². The van der Waals surface area contributed by atoms with Crippen molar-refractivity contribution < 1.29 is 27.5 Å². The van der Waals surface area contributed by atoms with E-state index in [1.807, 2.05) is 0 Å². The molecule has 1 aliphatic rings. The van der Waals surface area contributed by atoms with Crippen molar-refractivity contribution in [2.24, 2.45) is 0 Å². The molecule has 1 aromatic carbocycles. The molecule has 182 valence electrons. The van der Waals surface area contributed by atoms with Gasteiger partial charge >= 0.3 is 12.1 Å². The number of carbonyl (C=O) groups is 2. The van der Waals surface area contributed by atoms with Gasteiger partial charge in [-0.05, 0) is 51.8 Å². The molecule has 2 aromatic heterocycles. The number of nitrogens with one attached hydrogen (secondary N) is 1. The summed E-state index contributed by atoms with van der Waals surface area (Å²) in [7, 11) is -4.08. The SMILES string of the molecule is CCOC(=O)c1c(NS(=O)(=O)c2cccc3nsnc23)sc2c1CCN(C(=O)OC(C)(C)C)C2. The molecule has 10 nitrogen and oxygen atoms in total. The maximum Gasteiger partial charge on any atom is 0.410 e. The number of carbonyl (C=O) groups excluding carboxylic acids is 2. The van der Waals surface area contributed by atoms with E-state index in [1.165, 1.54) is 6.07 Å². The highest BCUT2D eigenvalue weighted by molar-refractivity contribution is 7.93. The number of anilines is 1. The van der Waals surface area contributed by atoms with Crippen LogP contribution >= 0.6 is 23.1 Å². The van der Waals surface area contributed by atoms with Crippen LogP contribution in [0.2, 0.25) is 0 Å². The standard InChI is InChI=1S/C21H24N4O6S3/c1-5-30-19(26)16-12-9-10-25(20(27)31-21(2,3)4)11-14(12)32-18(16)24-34(28,29)15-8-6-7-13-17(15)23-33-22-13/h6-8,24H,5,9-11H2,1-4H3. The van der Waals surface area contributed by atoms with Crippen LogP contribution in [0.25, 0.3) is 11.0 Å². The van der Waals surface area contributed by atoms with Crippen molar-refractivity contribution in [3.05, 3.63) is 34.2 Å². The molecule has 0 unspecified atom stereocenters. The topological polar surface area (TPSA) is 128 Å². The first kappa shape index (κ1) is 24.4. The lowest BCUT2D eigenvalue weighted by atomic mass is 10.0. The second-order valence-corrected chi connectivity index (χ2v) is 11.9. The van der Waals surface area contributed by atoms with Gasteiger partial charge in [-0.15, -0.1) is 11.3 Å². The Morgan fingerprint density at radius 2 is 2.00 bits per heavy atom. The number of nitrogens with zero attached hydrogens (tertiary/aromatic N) is 3. The third kappa shape index (κ3) is 4.86. The van der Waals surface area contributed by atoms with E-state index in [0.717, 1.165) is 23.1 Å². The Hall–Kier alpha value is -2.77. The van der Waals surface area contributed by atoms with Gasteiger partial charge in [0.05, 0.1) is 30.4 Å². The average Bonchev–Trinajstić information content (AvgIpc) is 3.35. The van der Waals surface area contributed by atoms with Crippen LogP contribution < -0.4 is 4.72 Å².